The zero-order valence-electron chi connectivity index (χ0n) is 15.8. The summed E-state index contributed by atoms with van der Waals surface area (Å²) in [6.45, 7) is -2.17. The van der Waals surface area contributed by atoms with Crippen molar-refractivity contribution in [3.8, 4) is 5.75 Å². The summed E-state index contributed by atoms with van der Waals surface area (Å²) >= 11 is 0. The van der Waals surface area contributed by atoms with Crippen LogP contribution in [0.4, 0.5) is 20.2 Å². The van der Waals surface area contributed by atoms with E-state index in [1.54, 1.807) is 6.07 Å². The van der Waals surface area contributed by atoms with Crippen LogP contribution < -0.4 is 10.1 Å². The van der Waals surface area contributed by atoms with Gasteiger partial charge in [0, 0.05) is 42.5 Å². The second-order valence-corrected chi connectivity index (χ2v) is 7.67. The van der Waals surface area contributed by atoms with Gasteiger partial charge in [0.1, 0.15) is 0 Å². The number of anilines is 1. The maximum atomic E-state index is 12.6. The number of hydrogen-bond donors (Lipinski definition) is 1. The lowest BCUT2D eigenvalue weighted by molar-refractivity contribution is -0.386. The van der Waals surface area contributed by atoms with E-state index in [4.69, 9.17) is 0 Å². The number of nitro groups is 1. The van der Waals surface area contributed by atoms with Gasteiger partial charge in [-0.1, -0.05) is 30.3 Å². The van der Waals surface area contributed by atoms with Gasteiger partial charge in [-0.2, -0.15) is 8.78 Å². The number of halogens is 2. The minimum atomic E-state index is -3.11. The largest absolute Gasteiger partial charge is 0.427 e. The standard InChI is InChI=1S/C21H23F2N3O3/c22-21(23)29-20-12-15(6-9-19(20)26(27)28)24-16-10-17-7-8-18(11-16)25(17)13-14-4-2-1-3-5-14/h1-6,9,12,16-18,21,24H,7-8,10-11,13H2. The van der Waals surface area contributed by atoms with Crippen molar-refractivity contribution < 1.29 is 18.4 Å². The Hall–Kier alpha value is -2.74. The van der Waals surface area contributed by atoms with Crippen molar-refractivity contribution in [2.24, 2.45) is 0 Å². The number of piperidine rings is 1. The fourth-order valence-electron chi connectivity index (χ4n) is 4.63. The van der Waals surface area contributed by atoms with E-state index in [0.29, 0.717) is 17.8 Å². The average molecular weight is 403 g/mol. The van der Waals surface area contributed by atoms with E-state index >= 15 is 0 Å². The lowest BCUT2D eigenvalue weighted by Gasteiger charge is -2.39. The predicted molar refractivity (Wildman–Crippen MR) is 105 cm³/mol. The maximum absolute atomic E-state index is 12.6. The molecule has 1 N–H and O–H groups in total. The minimum absolute atomic E-state index is 0.195. The van der Waals surface area contributed by atoms with Gasteiger partial charge in [0.05, 0.1) is 4.92 Å². The van der Waals surface area contributed by atoms with Gasteiger partial charge in [-0.05, 0) is 37.3 Å². The van der Waals surface area contributed by atoms with Crippen molar-refractivity contribution in [2.45, 2.75) is 57.0 Å². The topological polar surface area (TPSA) is 67.6 Å². The van der Waals surface area contributed by atoms with Gasteiger partial charge in [0.15, 0.2) is 0 Å². The Morgan fingerprint density at radius 1 is 1.14 bits per heavy atom. The first-order valence-electron chi connectivity index (χ1n) is 9.79. The van der Waals surface area contributed by atoms with Crippen LogP contribution in [0.5, 0.6) is 5.75 Å². The smallest absolute Gasteiger partial charge is 0.387 e. The van der Waals surface area contributed by atoms with Crippen LogP contribution in [0.3, 0.4) is 0 Å². The first kappa shape index (κ1) is 19.6. The van der Waals surface area contributed by atoms with E-state index in [9.17, 15) is 18.9 Å². The monoisotopic (exact) mass is 403 g/mol. The summed E-state index contributed by atoms with van der Waals surface area (Å²) in [6, 6.07) is 15.6. The normalized spacial score (nSPS) is 23.9. The second kappa shape index (κ2) is 8.32. The molecule has 2 heterocycles. The Balaban J connectivity index is 1.43. The number of fused-ring (bicyclic) bond motifs is 2. The van der Waals surface area contributed by atoms with Crippen LogP contribution in [0, 0.1) is 10.1 Å². The summed E-state index contributed by atoms with van der Waals surface area (Å²) in [7, 11) is 0. The van der Waals surface area contributed by atoms with Gasteiger partial charge in [-0.15, -0.1) is 0 Å². The lowest BCUT2D eigenvalue weighted by Crippen LogP contribution is -2.46. The molecule has 2 aromatic carbocycles. The van der Waals surface area contributed by atoms with Crippen LogP contribution in [0.15, 0.2) is 48.5 Å². The molecule has 2 saturated heterocycles. The summed E-state index contributed by atoms with van der Waals surface area (Å²) in [5.74, 6) is -0.417. The minimum Gasteiger partial charge on any atom is -0.427 e. The highest BCUT2D eigenvalue weighted by atomic mass is 19.3. The fraction of sp³-hybridized carbons (Fsp3) is 0.429. The molecule has 2 atom stereocenters. The molecule has 0 aromatic heterocycles. The van der Waals surface area contributed by atoms with Crippen molar-refractivity contribution >= 4 is 11.4 Å². The van der Waals surface area contributed by atoms with Crippen molar-refractivity contribution in [3.05, 3.63) is 64.2 Å². The number of ether oxygens (including phenoxy) is 1. The zero-order valence-corrected chi connectivity index (χ0v) is 15.8. The van der Waals surface area contributed by atoms with Crippen molar-refractivity contribution in [2.75, 3.05) is 5.32 Å². The number of nitrogens with zero attached hydrogens (tertiary/aromatic N) is 2. The third kappa shape index (κ3) is 4.48. The van der Waals surface area contributed by atoms with E-state index in [2.05, 4.69) is 39.2 Å². The van der Waals surface area contributed by atoms with E-state index in [1.165, 1.54) is 17.7 Å². The first-order chi connectivity index (χ1) is 14.0. The molecule has 0 amide bonds. The van der Waals surface area contributed by atoms with Crippen LogP contribution in [-0.2, 0) is 6.54 Å². The van der Waals surface area contributed by atoms with E-state index in [-0.39, 0.29) is 6.04 Å². The Morgan fingerprint density at radius 3 is 2.45 bits per heavy atom. The molecule has 2 unspecified atom stereocenters. The van der Waals surface area contributed by atoms with Gasteiger partial charge in [0.2, 0.25) is 5.75 Å². The Labute approximate surface area is 167 Å². The number of alkyl halides is 2. The molecule has 8 heteroatoms. The Bertz CT molecular complexity index is 852. The molecule has 2 aliphatic heterocycles. The molecule has 154 valence electrons. The van der Waals surface area contributed by atoms with Crippen LogP contribution >= 0.6 is 0 Å². The highest BCUT2D eigenvalue weighted by molar-refractivity contribution is 5.58. The molecule has 2 aliphatic rings. The number of rotatable bonds is 7. The molecule has 0 radical (unpaired) electrons. The predicted octanol–water partition coefficient (Wildman–Crippen LogP) is 4.80. The third-order valence-corrected chi connectivity index (χ3v) is 5.84. The van der Waals surface area contributed by atoms with Gasteiger partial charge >= 0.3 is 12.3 Å². The van der Waals surface area contributed by atoms with E-state index in [0.717, 1.165) is 32.2 Å². The summed E-state index contributed by atoms with van der Waals surface area (Å²) in [5, 5.41) is 14.4. The fourth-order valence-corrected chi connectivity index (χ4v) is 4.63. The average Bonchev–Trinajstić information content (AvgIpc) is 2.91. The molecule has 0 saturated carbocycles. The van der Waals surface area contributed by atoms with Crippen molar-refractivity contribution in [3.63, 3.8) is 0 Å². The van der Waals surface area contributed by atoms with E-state index in [1.807, 2.05) is 6.07 Å². The highest BCUT2D eigenvalue weighted by Crippen LogP contribution is 2.39. The summed E-state index contributed by atoms with van der Waals surface area (Å²) in [6.07, 6.45) is 4.20. The van der Waals surface area contributed by atoms with E-state index < -0.39 is 23.0 Å². The second-order valence-electron chi connectivity index (χ2n) is 7.67. The number of nitro benzene ring substituents is 1. The summed E-state index contributed by atoms with van der Waals surface area (Å²) in [4.78, 5) is 12.9. The first-order valence-corrected chi connectivity index (χ1v) is 9.79. The SMILES string of the molecule is O=[N+]([O-])c1ccc(NC2CC3CCC(C2)N3Cc2ccccc2)cc1OC(F)F. The quantitative estimate of drug-likeness (QED) is 0.531. The van der Waals surface area contributed by atoms with Crippen LogP contribution in [0.1, 0.15) is 31.2 Å². The Kier molecular flexibility index (Phi) is 5.62. The summed E-state index contributed by atoms with van der Waals surface area (Å²) < 4.78 is 29.6. The molecular weight excluding hydrogens is 380 g/mol. The number of benzene rings is 2. The van der Waals surface area contributed by atoms with Gasteiger partial charge in [-0.3, -0.25) is 15.0 Å². The third-order valence-electron chi connectivity index (χ3n) is 5.84. The van der Waals surface area contributed by atoms with Crippen molar-refractivity contribution in [1.29, 1.82) is 0 Å². The molecule has 2 bridgehead atoms. The van der Waals surface area contributed by atoms with Crippen LogP contribution in [0.25, 0.3) is 0 Å². The highest BCUT2D eigenvalue weighted by Gasteiger charge is 2.40. The molecular formula is C21H23F2N3O3. The van der Waals surface area contributed by atoms with Gasteiger partial charge in [-0.25, -0.2) is 0 Å². The molecule has 4 rings (SSSR count). The molecule has 2 aromatic rings. The molecule has 0 aliphatic carbocycles. The molecule has 6 nitrogen and oxygen atoms in total. The summed E-state index contributed by atoms with van der Waals surface area (Å²) in [5.41, 5.74) is 1.40. The van der Waals surface area contributed by atoms with Crippen LogP contribution in [-0.4, -0.2) is 34.6 Å². The van der Waals surface area contributed by atoms with Crippen LogP contribution in [0.2, 0.25) is 0 Å². The molecule has 0 spiro atoms. The molecule has 2 fully saturated rings. The van der Waals surface area contributed by atoms with Crippen molar-refractivity contribution in [1.82, 2.24) is 4.90 Å². The zero-order chi connectivity index (χ0) is 20.4. The number of hydrogen-bond acceptors (Lipinski definition) is 5. The number of nitrogens with one attached hydrogen (secondary N) is 1. The molecule has 29 heavy (non-hydrogen) atoms. The maximum Gasteiger partial charge on any atom is 0.387 e. The lowest BCUT2D eigenvalue weighted by atomic mass is 9.96. The van der Waals surface area contributed by atoms with Gasteiger partial charge in [0.25, 0.3) is 0 Å². The van der Waals surface area contributed by atoms with Gasteiger partial charge < -0.3 is 10.1 Å². The Morgan fingerprint density at radius 2 is 1.83 bits per heavy atom.